The molecule has 7 nitrogen and oxygen atoms in total. The Morgan fingerprint density at radius 1 is 1.39 bits per heavy atom. The Hall–Kier alpha value is -1.60. The van der Waals surface area contributed by atoms with Crippen LogP contribution in [-0.2, 0) is 0 Å². The Bertz CT molecular complexity index is 362. The maximum Gasteiger partial charge on any atom is 0.187 e. The van der Waals surface area contributed by atoms with Crippen LogP contribution in [0.1, 0.15) is 21.7 Å². The SMILES string of the molecule is CCN(CC)CCCN=C1C=CC2=NNNN2N1.[HH]. The van der Waals surface area contributed by atoms with E-state index in [1.807, 2.05) is 12.2 Å². The van der Waals surface area contributed by atoms with Crippen LogP contribution in [0.4, 0.5) is 0 Å². The van der Waals surface area contributed by atoms with Gasteiger partial charge in [0.1, 0.15) is 5.84 Å². The molecular weight excluding hydrogens is 230 g/mol. The predicted molar refractivity (Wildman–Crippen MR) is 74.6 cm³/mol. The molecule has 18 heavy (non-hydrogen) atoms. The Balaban J connectivity index is 0.00000180. The average Bonchev–Trinajstić information content (AvgIpc) is 2.86. The predicted octanol–water partition coefficient (Wildman–Crippen LogP) is 0.0755. The monoisotopic (exact) mass is 253 g/mol. The van der Waals surface area contributed by atoms with Crippen molar-refractivity contribution < 1.29 is 1.43 Å². The number of rotatable bonds is 6. The van der Waals surface area contributed by atoms with Gasteiger partial charge in [-0.15, -0.1) is 10.6 Å². The summed E-state index contributed by atoms with van der Waals surface area (Å²) in [5.41, 5.74) is 8.62. The number of nitrogens with one attached hydrogen (secondary N) is 3. The minimum atomic E-state index is 0. The molecule has 0 unspecified atom stereocenters. The maximum absolute atomic E-state index is 4.51. The summed E-state index contributed by atoms with van der Waals surface area (Å²) in [6.45, 7) is 8.52. The van der Waals surface area contributed by atoms with Crippen LogP contribution in [0.25, 0.3) is 0 Å². The van der Waals surface area contributed by atoms with Crippen molar-refractivity contribution in [3.8, 4) is 0 Å². The highest BCUT2D eigenvalue weighted by atomic mass is 15.9. The molecule has 0 aromatic heterocycles. The molecule has 0 amide bonds. The number of hydrazone groups is 1. The van der Waals surface area contributed by atoms with Crippen molar-refractivity contribution in [3.05, 3.63) is 12.2 Å². The fourth-order valence-electron chi connectivity index (χ4n) is 1.86. The number of amidine groups is 2. The first-order valence-electron chi connectivity index (χ1n) is 6.43. The van der Waals surface area contributed by atoms with E-state index < -0.39 is 0 Å². The summed E-state index contributed by atoms with van der Waals surface area (Å²) in [6, 6.07) is 0. The summed E-state index contributed by atoms with van der Waals surface area (Å²) in [4.78, 5) is 6.92. The van der Waals surface area contributed by atoms with Gasteiger partial charge >= 0.3 is 0 Å². The van der Waals surface area contributed by atoms with Gasteiger partial charge in [0, 0.05) is 7.97 Å². The van der Waals surface area contributed by atoms with Crippen LogP contribution >= 0.6 is 0 Å². The third-order valence-corrected chi connectivity index (χ3v) is 2.99. The van der Waals surface area contributed by atoms with Crippen LogP contribution in [0.15, 0.2) is 22.2 Å². The van der Waals surface area contributed by atoms with Gasteiger partial charge in [-0.1, -0.05) is 13.8 Å². The molecule has 0 fully saturated rings. The zero-order chi connectivity index (χ0) is 12.8. The summed E-state index contributed by atoms with van der Waals surface area (Å²) >= 11 is 0. The maximum atomic E-state index is 4.51. The van der Waals surface area contributed by atoms with Crippen LogP contribution in [-0.4, -0.2) is 47.9 Å². The molecule has 0 spiro atoms. The molecule has 2 aliphatic rings. The highest BCUT2D eigenvalue weighted by molar-refractivity contribution is 6.06. The van der Waals surface area contributed by atoms with E-state index in [4.69, 9.17) is 0 Å². The van der Waals surface area contributed by atoms with Gasteiger partial charge in [0.15, 0.2) is 5.84 Å². The Morgan fingerprint density at radius 3 is 3.00 bits per heavy atom. The molecule has 0 saturated carbocycles. The summed E-state index contributed by atoms with van der Waals surface area (Å²) in [5, 5.41) is 5.70. The zero-order valence-corrected chi connectivity index (χ0v) is 11.0. The van der Waals surface area contributed by atoms with Crippen LogP contribution in [0.3, 0.4) is 0 Å². The van der Waals surface area contributed by atoms with Crippen molar-refractivity contribution in [3.63, 3.8) is 0 Å². The van der Waals surface area contributed by atoms with Gasteiger partial charge in [0.05, 0.1) is 0 Å². The molecule has 2 rings (SSSR count). The molecular formula is C11H23N7. The van der Waals surface area contributed by atoms with Crippen LogP contribution in [0, 0.1) is 0 Å². The van der Waals surface area contributed by atoms with E-state index in [1.165, 1.54) is 0 Å². The van der Waals surface area contributed by atoms with Crippen molar-refractivity contribution in [1.82, 2.24) is 26.5 Å². The molecule has 2 aliphatic heterocycles. The van der Waals surface area contributed by atoms with Crippen molar-refractivity contribution >= 4 is 11.7 Å². The van der Waals surface area contributed by atoms with Crippen LogP contribution < -0.4 is 16.5 Å². The van der Waals surface area contributed by atoms with Gasteiger partial charge in [0.25, 0.3) is 0 Å². The standard InChI is InChI=1S/C11H21N7.H2/c1-3-17(4-2)9-5-8-12-10-6-7-11-13-15-16-18(11)14-10;/h6-7,15-16H,3-5,8-9H2,1-2H3,(H,12,14);1H. The quantitative estimate of drug-likeness (QED) is 0.585. The summed E-state index contributed by atoms with van der Waals surface area (Å²) in [5.74, 6) is 1.65. The lowest BCUT2D eigenvalue weighted by Crippen LogP contribution is -2.53. The van der Waals surface area contributed by atoms with Crippen molar-refractivity contribution in [2.45, 2.75) is 20.3 Å². The third-order valence-electron chi connectivity index (χ3n) is 2.99. The van der Waals surface area contributed by atoms with Crippen LogP contribution in [0.5, 0.6) is 0 Å². The molecule has 3 N–H and O–H groups in total. The Kier molecular flexibility index (Phi) is 4.54. The lowest BCUT2D eigenvalue weighted by molar-refractivity contribution is 0.259. The number of hydrazine groups is 3. The molecule has 2 heterocycles. The van der Waals surface area contributed by atoms with Crippen molar-refractivity contribution in [2.75, 3.05) is 26.2 Å². The number of aliphatic imine (C=N–C) groups is 1. The van der Waals surface area contributed by atoms with E-state index in [0.717, 1.165) is 44.3 Å². The first kappa shape index (κ1) is 12.8. The smallest absolute Gasteiger partial charge is 0.187 e. The molecule has 0 aliphatic carbocycles. The second-order valence-corrected chi connectivity index (χ2v) is 4.12. The van der Waals surface area contributed by atoms with Crippen LogP contribution in [0.2, 0.25) is 0 Å². The molecule has 0 bridgehead atoms. The topological polar surface area (TPSA) is 67.3 Å². The zero-order valence-electron chi connectivity index (χ0n) is 11.0. The second kappa shape index (κ2) is 6.36. The van der Waals surface area contributed by atoms with E-state index in [0.29, 0.717) is 0 Å². The van der Waals surface area contributed by atoms with Gasteiger partial charge in [-0.3, -0.25) is 10.4 Å². The lowest BCUT2D eigenvalue weighted by atomic mass is 10.3. The first-order valence-corrected chi connectivity index (χ1v) is 6.43. The minimum absolute atomic E-state index is 0. The molecule has 0 aromatic rings. The number of nitrogens with zero attached hydrogens (tertiary/aromatic N) is 4. The van der Waals surface area contributed by atoms with E-state index in [-0.39, 0.29) is 1.43 Å². The highest BCUT2D eigenvalue weighted by Crippen LogP contribution is 1.99. The normalized spacial score (nSPS) is 19.8. The molecule has 0 atom stereocenters. The third kappa shape index (κ3) is 3.21. The van der Waals surface area contributed by atoms with E-state index in [1.54, 1.807) is 5.12 Å². The van der Waals surface area contributed by atoms with Crippen molar-refractivity contribution in [1.29, 1.82) is 0 Å². The van der Waals surface area contributed by atoms with E-state index >= 15 is 0 Å². The summed E-state index contributed by atoms with van der Waals surface area (Å²) < 4.78 is 0. The van der Waals surface area contributed by atoms with Gasteiger partial charge < -0.3 is 4.90 Å². The Labute approximate surface area is 109 Å². The van der Waals surface area contributed by atoms with Gasteiger partial charge in [-0.2, -0.15) is 5.12 Å². The van der Waals surface area contributed by atoms with E-state index in [9.17, 15) is 0 Å². The average molecular weight is 253 g/mol. The van der Waals surface area contributed by atoms with Gasteiger partial charge in [-0.05, 0) is 38.2 Å². The second-order valence-electron chi connectivity index (χ2n) is 4.12. The highest BCUT2D eigenvalue weighted by Gasteiger charge is 2.18. The number of hydrogen-bond donors (Lipinski definition) is 3. The van der Waals surface area contributed by atoms with E-state index in [2.05, 4.69) is 45.3 Å². The molecule has 0 radical (unpaired) electrons. The molecule has 0 saturated heterocycles. The molecule has 0 aromatic carbocycles. The number of hydrogen-bond acceptors (Lipinski definition) is 6. The first-order chi connectivity index (χ1) is 8.83. The summed E-state index contributed by atoms with van der Waals surface area (Å²) in [6.07, 6.45) is 4.92. The molecule has 7 heteroatoms. The van der Waals surface area contributed by atoms with Crippen molar-refractivity contribution in [2.24, 2.45) is 10.1 Å². The Morgan fingerprint density at radius 2 is 2.22 bits per heavy atom. The lowest BCUT2D eigenvalue weighted by Gasteiger charge is -2.22. The fourth-order valence-corrected chi connectivity index (χ4v) is 1.86. The number of fused-ring (bicyclic) bond motifs is 1. The summed E-state index contributed by atoms with van der Waals surface area (Å²) in [7, 11) is 0. The van der Waals surface area contributed by atoms with Gasteiger partial charge in [-0.25, -0.2) is 5.53 Å². The largest absolute Gasteiger partial charge is 0.304 e. The molecule has 102 valence electrons. The van der Waals surface area contributed by atoms with Gasteiger partial charge in [0.2, 0.25) is 0 Å². The fraction of sp³-hybridized carbons (Fsp3) is 0.636. The minimum Gasteiger partial charge on any atom is -0.304 e.